The number of nitrogens with one attached hydrogen (secondary N) is 1. The van der Waals surface area contributed by atoms with Crippen LogP contribution < -0.4 is 10.1 Å². The molecule has 0 spiro atoms. The minimum atomic E-state index is -0.588. The van der Waals surface area contributed by atoms with E-state index in [1.54, 1.807) is 11.0 Å². The molecule has 0 radical (unpaired) electrons. The lowest BCUT2D eigenvalue weighted by Crippen LogP contribution is -2.52. The molecule has 2 aliphatic heterocycles. The van der Waals surface area contributed by atoms with Crippen molar-refractivity contribution in [3.05, 3.63) is 29.3 Å². The van der Waals surface area contributed by atoms with Gasteiger partial charge in [-0.1, -0.05) is 0 Å². The Labute approximate surface area is 170 Å². The summed E-state index contributed by atoms with van der Waals surface area (Å²) in [4.78, 5) is 37.9. The lowest BCUT2D eigenvalue weighted by Gasteiger charge is -2.29. The van der Waals surface area contributed by atoms with Gasteiger partial charge in [0.05, 0.1) is 5.92 Å². The number of amides is 3. The molecule has 3 aliphatic rings. The highest BCUT2D eigenvalue weighted by Crippen LogP contribution is 2.33. The van der Waals surface area contributed by atoms with E-state index in [4.69, 9.17) is 4.74 Å². The molecule has 154 valence electrons. The molecule has 1 aromatic rings. The summed E-state index contributed by atoms with van der Waals surface area (Å²) in [7, 11) is 2.08. The van der Waals surface area contributed by atoms with Crippen molar-refractivity contribution in [2.24, 2.45) is 5.92 Å². The summed E-state index contributed by atoms with van der Waals surface area (Å²) >= 11 is 0. The number of ether oxygens (including phenoxy) is 1. The van der Waals surface area contributed by atoms with Crippen molar-refractivity contribution in [1.29, 1.82) is 0 Å². The van der Waals surface area contributed by atoms with E-state index in [-0.39, 0.29) is 30.2 Å². The summed E-state index contributed by atoms with van der Waals surface area (Å²) < 4.78 is 8.50. The predicted octanol–water partition coefficient (Wildman–Crippen LogP) is 1.73. The van der Waals surface area contributed by atoms with Crippen molar-refractivity contribution in [3.8, 4) is 5.75 Å². The average Bonchev–Trinajstić information content (AvgIpc) is 3.26. The Morgan fingerprint density at radius 1 is 1.24 bits per heavy atom. The van der Waals surface area contributed by atoms with Gasteiger partial charge in [-0.05, 0) is 56.4 Å². The van der Waals surface area contributed by atoms with Crippen LogP contribution in [0.3, 0.4) is 0 Å². The topological polar surface area (TPSA) is 78.7 Å². The molecule has 7 nitrogen and oxygen atoms in total. The Balaban J connectivity index is 1.48. The lowest BCUT2D eigenvalue weighted by molar-refractivity contribution is -0.491. The highest BCUT2D eigenvalue weighted by Gasteiger charge is 2.39. The summed E-state index contributed by atoms with van der Waals surface area (Å²) in [5.41, 5.74) is 1.49. The standard InChI is InChI=1S/C22H27N3O4/c1-3-24(2)12-14-5-4-6-19(14)29-16-7-8-17-15(11-16)13-25(22(17)28)18-9-10-20(26)23-21(18)27/h7-8,11-12,14,18-19H,3-6,9-10,13H2,1-2H3/p+1/b24-12+/t14?,18?,19-/m1/s1. The maximum Gasteiger partial charge on any atom is 0.255 e. The van der Waals surface area contributed by atoms with Gasteiger partial charge in [0.2, 0.25) is 11.8 Å². The van der Waals surface area contributed by atoms with Crippen LogP contribution in [-0.4, -0.2) is 59.1 Å². The van der Waals surface area contributed by atoms with Gasteiger partial charge in [-0.2, -0.15) is 0 Å². The second-order valence-electron chi connectivity index (χ2n) is 8.19. The zero-order valence-electron chi connectivity index (χ0n) is 17.0. The van der Waals surface area contributed by atoms with Gasteiger partial charge >= 0.3 is 0 Å². The molecule has 3 atom stereocenters. The van der Waals surface area contributed by atoms with Crippen molar-refractivity contribution < 1.29 is 23.7 Å². The Kier molecular flexibility index (Phi) is 5.39. The molecule has 3 amide bonds. The van der Waals surface area contributed by atoms with Gasteiger partial charge in [-0.25, -0.2) is 4.58 Å². The zero-order chi connectivity index (χ0) is 20.5. The fourth-order valence-electron chi connectivity index (χ4n) is 4.50. The predicted molar refractivity (Wildman–Crippen MR) is 107 cm³/mol. The molecule has 1 aliphatic carbocycles. The highest BCUT2D eigenvalue weighted by molar-refractivity contribution is 6.05. The van der Waals surface area contributed by atoms with E-state index in [9.17, 15) is 14.4 Å². The second-order valence-corrected chi connectivity index (χ2v) is 8.19. The summed E-state index contributed by atoms with van der Waals surface area (Å²) in [5, 5.41) is 2.33. The molecule has 7 heteroatoms. The molecule has 1 aromatic carbocycles. The van der Waals surface area contributed by atoms with E-state index in [1.807, 2.05) is 12.1 Å². The third kappa shape index (κ3) is 3.91. The molecular weight excluding hydrogens is 370 g/mol. The first kappa shape index (κ1) is 19.6. The maximum atomic E-state index is 12.8. The Hall–Kier alpha value is -2.70. The van der Waals surface area contributed by atoms with Crippen LogP contribution in [-0.2, 0) is 16.1 Å². The summed E-state index contributed by atoms with van der Waals surface area (Å²) in [5.74, 6) is 0.352. The minimum absolute atomic E-state index is 0.144. The molecule has 2 unspecified atom stereocenters. The molecule has 0 aromatic heterocycles. The third-order valence-corrected chi connectivity index (χ3v) is 6.23. The van der Waals surface area contributed by atoms with Gasteiger partial charge in [0.15, 0.2) is 0 Å². The average molecular weight is 398 g/mol. The Morgan fingerprint density at radius 2 is 2.07 bits per heavy atom. The number of imide groups is 1. The van der Waals surface area contributed by atoms with E-state index in [0.29, 0.717) is 24.4 Å². The van der Waals surface area contributed by atoms with Crippen LogP contribution in [0, 0.1) is 5.92 Å². The number of hydrogen-bond acceptors (Lipinski definition) is 4. The second kappa shape index (κ2) is 7.97. The van der Waals surface area contributed by atoms with E-state index < -0.39 is 6.04 Å². The molecule has 2 fully saturated rings. The van der Waals surface area contributed by atoms with Crippen molar-refractivity contribution in [1.82, 2.24) is 10.2 Å². The van der Waals surface area contributed by atoms with Gasteiger partial charge < -0.3 is 9.64 Å². The molecule has 1 N–H and O–H groups in total. The fourth-order valence-corrected chi connectivity index (χ4v) is 4.50. The van der Waals surface area contributed by atoms with Crippen molar-refractivity contribution in [2.75, 3.05) is 13.6 Å². The van der Waals surface area contributed by atoms with Gasteiger partial charge in [0, 0.05) is 18.5 Å². The van der Waals surface area contributed by atoms with E-state index in [0.717, 1.165) is 37.1 Å². The first-order valence-corrected chi connectivity index (χ1v) is 10.5. The largest absolute Gasteiger partial charge is 0.490 e. The van der Waals surface area contributed by atoms with Crippen molar-refractivity contribution in [2.45, 2.75) is 57.7 Å². The molecule has 0 bridgehead atoms. The summed E-state index contributed by atoms with van der Waals surface area (Å²) in [6, 6.07) is 4.99. The number of nitrogens with zero attached hydrogens (tertiary/aromatic N) is 2. The van der Waals surface area contributed by atoms with Crippen molar-refractivity contribution >= 4 is 23.9 Å². The number of carbonyl (C=O) groups excluding carboxylic acids is 3. The van der Waals surface area contributed by atoms with Gasteiger partial charge in [0.1, 0.15) is 37.7 Å². The minimum Gasteiger partial charge on any atom is -0.490 e. The van der Waals surface area contributed by atoms with Crippen LogP contribution in [0.1, 0.15) is 54.9 Å². The van der Waals surface area contributed by atoms with Gasteiger partial charge in [-0.3, -0.25) is 19.7 Å². The zero-order valence-corrected chi connectivity index (χ0v) is 17.0. The molecule has 4 rings (SSSR count). The SMILES string of the molecule is CC/[N+](C)=C/C1CCC[C@H]1Oc1ccc2c(c1)CN(C1CCC(=O)NC1=O)C2=O. The number of hydrogen-bond donors (Lipinski definition) is 1. The fraction of sp³-hybridized carbons (Fsp3) is 0.545. The summed E-state index contributed by atoms with van der Waals surface area (Å²) in [6.07, 6.45) is 6.34. The van der Waals surface area contributed by atoms with Crippen LogP contribution >= 0.6 is 0 Å². The first-order chi connectivity index (χ1) is 14.0. The number of piperidine rings is 1. The molecule has 1 saturated heterocycles. The number of carbonyl (C=O) groups is 3. The molecule has 1 saturated carbocycles. The first-order valence-electron chi connectivity index (χ1n) is 10.5. The van der Waals surface area contributed by atoms with E-state index in [2.05, 4.69) is 30.1 Å². The van der Waals surface area contributed by atoms with Crippen LogP contribution in [0.15, 0.2) is 18.2 Å². The van der Waals surface area contributed by atoms with Crippen LogP contribution in [0.2, 0.25) is 0 Å². The van der Waals surface area contributed by atoms with Crippen LogP contribution in [0.4, 0.5) is 0 Å². The van der Waals surface area contributed by atoms with E-state index >= 15 is 0 Å². The maximum absolute atomic E-state index is 12.8. The Bertz CT molecular complexity index is 879. The quantitative estimate of drug-likeness (QED) is 0.465. The number of rotatable bonds is 5. The number of fused-ring (bicyclic) bond motifs is 1. The van der Waals surface area contributed by atoms with E-state index in [1.165, 1.54) is 0 Å². The molecule has 2 heterocycles. The smallest absolute Gasteiger partial charge is 0.255 e. The lowest BCUT2D eigenvalue weighted by atomic mass is 10.0. The number of benzene rings is 1. The van der Waals surface area contributed by atoms with Gasteiger partial charge in [-0.15, -0.1) is 0 Å². The van der Waals surface area contributed by atoms with Crippen LogP contribution in [0.25, 0.3) is 0 Å². The molecular formula is C22H28N3O4+. The normalized spacial score (nSPS) is 27.2. The summed E-state index contributed by atoms with van der Waals surface area (Å²) in [6.45, 7) is 3.48. The third-order valence-electron chi connectivity index (χ3n) is 6.23. The highest BCUT2D eigenvalue weighted by atomic mass is 16.5. The van der Waals surface area contributed by atoms with Crippen molar-refractivity contribution in [3.63, 3.8) is 0 Å². The monoisotopic (exact) mass is 398 g/mol. The molecule has 29 heavy (non-hydrogen) atoms. The van der Waals surface area contributed by atoms with Crippen LogP contribution in [0.5, 0.6) is 5.75 Å². The van der Waals surface area contributed by atoms with Gasteiger partial charge in [0.25, 0.3) is 5.91 Å². The Morgan fingerprint density at radius 3 is 2.83 bits per heavy atom.